The summed E-state index contributed by atoms with van der Waals surface area (Å²) in [6.07, 6.45) is 0. The number of rotatable bonds is 7. The Morgan fingerprint density at radius 2 is 1.70 bits per heavy atom. The first kappa shape index (κ1) is 19.2. The van der Waals surface area contributed by atoms with Crippen molar-refractivity contribution < 1.29 is 13.5 Å². The molecule has 0 aliphatic heterocycles. The van der Waals surface area contributed by atoms with Gasteiger partial charge in [0.25, 0.3) is 0 Å². The third-order valence-electron chi connectivity index (χ3n) is 4.54. The molecule has 0 radical (unpaired) electrons. The van der Waals surface area contributed by atoms with Gasteiger partial charge in [-0.3, -0.25) is 0 Å². The number of methoxy groups -OCH3 is 1. The molecule has 6 heteroatoms. The minimum Gasteiger partial charge on any atom is -0.380 e. The van der Waals surface area contributed by atoms with E-state index in [9.17, 15) is 8.78 Å². The Labute approximate surface area is 157 Å². The normalized spacial score (nSPS) is 11.1. The van der Waals surface area contributed by atoms with Crippen molar-refractivity contribution in [3.8, 4) is 5.69 Å². The van der Waals surface area contributed by atoms with Gasteiger partial charge in [0.1, 0.15) is 11.5 Å². The van der Waals surface area contributed by atoms with Crippen LogP contribution in [-0.2, 0) is 24.4 Å². The van der Waals surface area contributed by atoms with E-state index in [0.29, 0.717) is 19.7 Å². The van der Waals surface area contributed by atoms with Gasteiger partial charge in [-0.2, -0.15) is 5.10 Å². The number of hydrogen-bond acceptors (Lipinski definition) is 3. The summed E-state index contributed by atoms with van der Waals surface area (Å²) < 4.78 is 33.9. The summed E-state index contributed by atoms with van der Waals surface area (Å²) in [7, 11) is 1.68. The number of benzene rings is 2. The highest BCUT2D eigenvalue weighted by molar-refractivity contribution is 5.38. The molecule has 0 saturated carbocycles. The highest BCUT2D eigenvalue weighted by Gasteiger charge is 2.15. The van der Waals surface area contributed by atoms with Gasteiger partial charge >= 0.3 is 0 Å². The van der Waals surface area contributed by atoms with Crippen molar-refractivity contribution in [2.45, 2.75) is 33.5 Å². The summed E-state index contributed by atoms with van der Waals surface area (Å²) in [4.78, 5) is 0. The van der Waals surface area contributed by atoms with Gasteiger partial charge in [-0.25, -0.2) is 13.5 Å². The molecule has 0 unspecified atom stereocenters. The Hall–Kier alpha value is -2.57. The molecule has 3 rings (SSSR count). The monoisotopic (exact) mass is 371 g/mol. The lowest BCUT2D eigenvalue weighted by Gasteiger charge is -2.08. The zero-order chi connectivity index (χ0) is 19.4. The van der Waals surface area contributed by atoms with Crippen LogP contribution >= 0.6 is 0 Å². The summed E-state index contributed by atoms with van der Waals surface area (Å²) in [5.41, 5.74) is 5.21. The maximum atomic E-state index is 14.1. The molecule has 142 valence electrons. The SMILES string of the molecule is COCc1ccc(CNCc2c(C)nn(-c3ccc(F)cc3F)c2C)cc1. The van der Waals surface area contributed by atoms with Gasteiger partial charge < -0.3 is 10.1 Å². The second-order valence-electron chi connectivity index (χ2n) is 6.51. The predicted molar refractivity (Wildman–Crippen MR) is 101 cm³/mol. The van der Waals surface area contributed by atoms with Crippen LogP contribution in [0, 0.1) is 25.5 Å². The fourth-order valence-electron chi connectivity index (χ4n) is 3.07. The largest absolute Gasteiger partial charge is 0.380 e. The summed E-state index contributed by atoms with van der Waals surface area (Å²) in [6.45, 7) is 5.70. The van der Waals surface area contributed by atoms with E-state index in [1.807, 2.05) is 26.0 Å². The van der Waals surface area contributed by atoms with Crippen LogP contribution in [-0.4, -0.2) is 16.9 Å². The highest BCUT2D eigenvalue weighted by atomic mass is 19.1. The van der Waals surface area contributed by atoms with Crippen LogP contribution in [0.4, 0.5) is 8.78 Å². The lowest BCUT2D eigenvalue weighted by molar-refractivity contribution is 0.185. The Balaban J connectivity index is 1.70. The van der Waals surface area contributed by atoms with Crippen LogP contribution < -0.4 is 5.32 Å². The van der Waals surface area contributed by atoms with Gasteiger partial charge in [0.15, 0.2) is 5.82 Å². The van der Waals surface area contributed by atoms with E-state index in [1.54, 1.807) is 7.11 Å². The summed E-state index contributed by atoms with van der Waals surface area (Å²) >= 11 is 0. The van der Waals surface area contributed by atoms with Gasteiger partial charge in [0.2, 0.25) is 0 Å². The van der Waals surface area contributed by atoms with Gasteiger partial charge in [-0.05, 0) is 37.1 Å². The van der Waals surface area contributed by atoms with E-state index in [4.69, 9.17) is 4.74 Å². The molecular weight excluding hydrogens is 348 g/mol. The van der Waals surface area contributed by atoms with E-state index in [-0.39, 0.29) is 5.69 Å². The molecule has 0 spiro atoms. The first-order valence-corrected chi connectivity index (χ1v) is 8.77. The Kier molecular flexibility index (Phi) is 5.98. The van der Waals surface area contributed by atoms with Gasteiger partial charge in [0, 0.05) is 37.5 Å². The van der Waals surface area contributed by atoms with Gasteiger partial charge in [-0.1, -0.05) is 24.3 Å². The molecule has 0 bridgehead atoms. The van der Waals surface area contributed by atoms with Crippen LogP contribution in [0.25, 0.3) is 5.69 Å². The first-order valence-electron chi connectivity index (χ1n) is 8.77. The maximum absolute atomic E-state index is 14.1. The molecule has 0 atom stereocenters. The lowest BCUT2D eigenvalue weighted by Crippen LogP contribution is -2.14. The second kappa shape index (κ2) is 8.41. The molecule has 2 aromatic carbocycles. The second-order valence-corrected chi connectivity index (χ2v) is 6.51. The van der Waals surface area contributed by atoms with Crippen molar-refractivity contribution in [1.29, 1.82) is 0 Å². The molecule has 1 N–H and O–H groups in total. The average molecular weight is 371 g/mol. The van der Waals surface area contributed by atoms with Crippen molar-refractivity contribution in [2.75, 3.05) is 7.11 Å². The van der Waals surface area contributed by atoms with Crippen LogP contribution in [0.2, 0.25) is 0 Å². The quantitative estimate of drug-likeness (QED) is 0.676. The van der Waals surface area contributed by atoms with Crippen LogP contribution in [0.3, 0.4) is 0 Å². The smallest absolute Gasteiger partial charge is 0.151 e. The van der Waals surface area contributed by atoms with E-state index in [1.165, 1.54) is 22.4 Å². The number of hydrogen-bond donors (Lipinski definition) is 1. The fourth-order valence-corrected chi connectivity index (χ4v) is 3.07. The van der Waals surface area contributed by atoms with Crippen molar-refractivity contribution in [1.82, 2.24) is 15.1 Å². The Bertz CT molecular complexity index is 920. The number of nitrogens with one attached hydrogen (secondary N) is 1. The number of halogens is 2. The molecule has 0 aliphatic rings. The van der Waals surface area contributed by atoms with E-state index in [0.717, 1.165) is 28.6 Å². The number of ether oxygens (including phenoxy) is 1. The molecule has 0 aliphatic carbocycles. The first-order chi connectivity index (χ1) is 13.0. The Morgan fingerprint density at radius 1 is 1.00 bits per heavy atom. The minimum absolute atomic E-state index is 0.247. The van der Waals surface area contributed by atoms with Crippen LogP contribution in [0.1, 0.15) is 28.1 Å². The molecular formula is C21H23F2N3O. The Morgan fingerprint density at radius 3 is 2.37 bits per heavy atom. The van der Waals surface area contributed by atoms with Crippen LogP contribution in [0.15, 0.2) is 42.5 Å². The molecule has 1 heterocycles. The number of aryl methyl sites for hydroxylation is 1. The number of nitrogens with zero attached hydrogens (tertiary/aromatic N) is 2. The third-order valence-corrected chi connectivity index (χ3v) is 4.54. The average Bonchev–Trinajstić information content (AvgIpc) is 2.91. The molecule has 3 aromatic rings. The fraction of sp³-hybridized carbons (Fsp3) is 0.286. The topological polar surface area (TPSA) is 39.1 Å². The minimum atomic E-state index is -0.628. The van der Waals surface area contributed by atoms with E-state index >= 15 is 0 Å². The van der Waals surface area contributed by atoms with Crippen LogP contribution in [0.5, 0.6) is 0 Å². The molecule has 0 amide bonds. The summed E-state index contributed by atoms with van der Waals surface area (Å²) in [6, 6.07) is 11.7. The zero-order valence-electron chi connectivity index (χ0n) is 15.7. The highest BCUT2D eigenvalue weighted by Crippen LogP contribution is 2.21. The van der Waals surface area contributed by atoms with Crippen molar-refractivity contribution in [3.63, 3.8) is 0 Å². The van der Waals surface area contributed by atoms with Crippen molar-refractivity contribution in [2.24, 2.45) is 0 Å². The maximum Gasteiger partial charge on any atom is 0.151 e. The summed E-state index contributed by atoms with van der Waals surface area (Å²) in [5.74, 6) is -1.23. The van der Waals surface area contributed by atoms with Crippen molar-refractivity contribution >= 4 is 0 Å². The molecule has 1 aromatic heterocycles. The molecule has 27 heavy (non-hydrogen) atoms. The van der Waals surface area contributed by atoms with Gasteiger partial charge in [-0.15, -0.1) is 0 Å². The molecule has 4 nitrogen and oxygen atoms in total. The third kappa shape index (κ3) is 4.40. The molecule has 0 fully saturated rings. The lowest BCUT2D eigenvalue weighted by atomic mass is 10.1. The number of aromatic nitrogens is 2. The van der Waals surface area contributed by atoms with E-state index < -0.39 is 11.6 Å². The predicted octanol–water partition coefficient (Wildman–Crippen LogP) is 4.20. The summed E-state index contributed by atoms with van der Waals surface area (Å²) in [5, 5.41) is 7.83. The van der Waals surface area contributed by atoms with E-state index in [2.05, 4.69) is 22.5 Å². The van der Waals surface area contributed by atoms with Gasteiger partial charge in [0.05, 0.1) is 12.3 Å². The van der Waals surface area contributed by atoms with Crippen molar-refractivity contribution in [3.05, 3.63) is 82.2 Å². The zero-order valence-corrected chi connectivity index (χ0v) is 15.7. The standard InChI is InChI=1S/C21H23F2N3O/c1-14-19(12-24-11-16-4-6-17(7-5-16)13-27-3)15(2)26(25-14)21-9-8-18(22)10-20(21)23/h4-10,24H,11-13H2,1-3H3. The molecule has 0 saturated heterocycles.